The molecule has 3 heterocycles. The first-order valence-corrected chi connectivity index (χ1v) is 9.64. The Bertz CT molecular complexity index is 951. The molecule has 1 saturated heterocycles. The lowest BCUT2D eigenvalue weighted by atomic mass is 9.98. The van der Waals surface area contributed by atoms with Crippen molar-refractivity contribution in [2.75, 3.05) is 19.9 Å². The Kier molecular flexibility index (Phi) is 3.78. The highest BCUT2D eigenvalue weighted by Crippen LogP contribution is 2.35. The molecule has 1 aromatic heterocycles. The Morgan fingerprint density at radius 2 is 2.04 bits per heavy atom. The average Bonchev–Trinajstić information content (AvgIpc) is 3.33. The van der Waals surface area contributed by atoms with Crippen LogP contribution in [0.1, 0.15) is 34.1 Å². The standard InChI is InChI=1S/C20H18N2O3S/c23-20(13-7-8-16-17(10-13)25-12-24-16)22-9-3-4-14(11-22)19-21-15-5-1-2-6-18(15)26-19/h1-2,5-8,10,14H,3-4,9,11-12H2/t14-/m1/s1. The van der Waals surface area contributed by atoms with Gasteiger partial charge >= 0.3 is 0 Å². The van der Waals surface area contributed by atoms with Crippen LogP contribution >= 0.6 is 11.3 Å². The van der Waals surface area contributed by atoms with Crippen molar-refractivity contribution < 1.29 is 14.3 Å². The van der Waals surface area contributed by atoms with Gasteiger partial charge in [0.05, 0.1) is 15.2 Å². The molecule has 1 atom stereocenters. The number of hydrogen-bond acceptors (Lipinski definition) is 5. The number of para-hydroxylation sites is 1. The van der Waals surface area contributed by atoms with Gasteiger partial charge in [-0.3, -0.25) is 4.79 Å². The third kappa shape index (κ3) is 2.70. The van der Waals surface area contributed by atoms with E-state index in [-0.39, 0.29) is 12.7 Å². The van der Waals surface area contributed by atoms with E-state index in [0.29, 0.717) is 29.5 Å². The number of carbonyl (C=O) groups excluding carboxylic acids is 1. The van der Waals surface area contributed by atoms with Gasteiger partial charge in [0.25, 0.3) is 5.91 Å². The second-order valence-electron chi connectivity index (χ2n) is 6.68. The first-order valence-electron chi connectivity index (χ1n) is 8.82. The van der Waals surface area contributed by atoms with E-state index in [1.807, 2.05) is 35.2 Å². The minimum atomic E-state index is 0.0501. The van der Waals surface area contributed by atoms with E-state index in [1.165, 1.54) is 4.70 Å². The summed E-state index contributed by atoms with van der Waals surface area (Å²) in [6.45, 7) is 1.72. The maximum atomic E-state index is 13.0. The molecule has 3 aromatic rings. The molecule has 2 aromatic carbocycles. The van der Waals surface area contributed by atoms with E-state index in [9.17, 15) is 4.79 Å². The van der Waals surface area contributed by atoms with Gasteiger partial charge in [-0.25, -0.2) is 4.98 Å². The number of piperidine rings is 1. The van der Waals surface area contributed by atoms with Crippen molar-refractivity contribution in [1.82, 2.24) is 9.88 Å². The van der Waals surface area contributed by atoms with Crippen molar-refractivity contribution in [2.24, 2.45) is 0 Å². The van der Waals surface area contributed by atoms with E-state index in [2.05, 4.69) is 6.07 Å². The molecule has 6 heteroatoms. The smallest absolute Gasteiger partial charge is 0.254 e. The van der Waals surface area contributed by atoms with Crippen LogP contribution in [0.4, 0.5) is 0 Å². The summed E-state index contributed by atoms with van der Waals surface area (Å²) in [7, 11) is 0. The number of rotatable bonds is 2. The SMILES string of the molecule is O=C(c1ccc2c(c1)OCO2)N1CCC[C@@H](c2nc3ccccc3s2)C1. The third-order valence-corrected chi connectivity index (χ3v) is 6.19. The number of thiazole rings is 1. The van der Waals surface area contributed by atoms with Gasteiger partial charge in [0, 0.05) is 24.6 Å². The van der Waals surface area contributed by atoms with Crippen LogP contribution in [0.3, 0.4) is 0 Å². The van der Waals surface area contributed by atoms with E-state index in [4.69, 9.17) is 14.5 Å². The number of nitrogens with zero attached hydrogens (tertiary/aromatic N) is 2. The summed E-state index contributed by atoms with van der Waals surface area (Å²) in [5.74, 6) is 1.70. The normalized spacial score (nSPS) is 19.1. The summed E-state index contributed by atoms with van der Waals surface area (Å²) in [5, 5.41) is 1.13. The zero-order valence-corrected chi connectivity index (χ0v) is 15.0. The highest BCUT2D eigenvalue weighted by molar-refractivity contribution is 7.18. The number of ether oxygens (including phenoxy) is 2. The maximum Gasteiger partial charge on any atom is 0.254 e. The number of hydrogen-bond donors (Lipinski definition) is 0. The quantitative estimate of drug-likeness (QED) is 0.687. The number of carbonyl (C=O) groups is 1. The number of likely N-dealkylation sites (tertiary alicyclic amines) is 1. The summed E-state index contributed by atoms with van der Waals surface area (Å²) in [6, 6.07) is 13.6. The topological polar surface area (TPSA) is 51.7 Å². The molecule has 0 saturated carbocycles. The van der Waals surface area contributed by atoms with Crippen LogP contribution < -0.4 is 9.47 Å². The Labute approximate surface area is 155 Å². The Morgan fingerprint density at radius 1 is 1.15 bits per heavy atom. The number of fused-ring (bicyclic) bond motifs is 2. The van der Waals surface area contributed by atoms with Gasteiger partial charge in [-0.1, -0.05) is 12.1 Å². The van der Waals surface area contributed by atoms with Crippen molar-refractivity contribution >= 4 is 27.5 Å². The fourth-order valence-corrected chi connectivity index (χ4v) is 4.73. The molecule has 132 valence electrons. The molecule has 0 bridgehead atoms. The van der Waals surface area contributed by atoms with Gasteiger partial charge < -0.3 is 14.4 Å². The van der Waals surface area contributed by atoms with Gasteiger partial charge in [-0.15, -0.1) is 11.3 Å². The molecular weight excluding hydrogens is 348 g/mol. The van der Waals surface area contributed by atoms with Gasteiger partial charge in [-0.2, -0.15) is 0 Å². The highest BCUT2D eigenvalue weighted by atomic mass is 32.1. The first-order chi connectivity index (χ1) is 12.8. The molecule has 2 aliphatic rings. The van der Waals surface area contributed by atoms with Crippen LogP contribution in [0, 0.1) is 0 Å². The van der Waals surface area contributed by atoms with Crippen LogP contribution in [-0.2, 0) is 0 Å². The summed E-state index contributed by atoms with van der Waals surface area (Å²) >= 11 is 1.74. The summed E-state index contributed by atoms with van der Waals surface area (Å²) in [6.07, 6.45) is 2.07. The largest absolute Gasteiger partial charge is 0.454 e. The van der Waals surface area contributed by atoms with E-state index >= 15 is 0 Å². The van der Waals surface area contributed by atoms with Gasteiger partial charge in [0.15, 0.2) is 11.5 Å². The molecule has 0 aliphatic carbocycles. The molecule has 1 fully saturated rings. The van der Waals surface area contributed by atoms with Gasteiger partial charge in [0.2, 0.25) is 6.79 Å². The lowest BCUT2D eigenvalue weighted by molar-refractivity contribution is 0.0706. The molecule has 0 radical (unpaired) electrons. The molecule has 0 spiro atoms. The zero-order chi connectivity index (χ0) is 17.5. The van der Waals surface area contributed by atoms with Crippen molar-refractivity contribution in [3.8, 4) is 11.5 Å². The highest BCUT2D eigenvalue weighted by Gasteiger charge is 2.28. The lowest BCUT2D eigenvalue weighted by Gasteiger charge is -2.32. The number of aromatic nitrogens is 1. The van der Waals surface area contributed by atoms with Crippen LogP contribution in [0.15, 0.2) is 42.5 Å². The monoisotopic (exact) mass is 366 g/mol. The van der Waals surface area contributed by atoms with Crippen molar-refractivity contribution in [2.45, 2.75) is 18.8 Å². The Morgan fingerprint density at radius 3 is 2.96 bits per heavy atom. The third-order valence-electron chi connectivity index (χ3n) is 4.99. The minimum absolute atomic E-state index is 0.0501. The van der Waals surface area contributed by atoms with Crippen LogP contribution in [-0.4, -0.2) is 35.7 Å². The predicted molar refractivity (Wildman–Crippen MR) is 100 cm³/mol. The summed E-state index contributed by atoms with van der Waals surface area (Å²) in [5.41, 5.74) is 1.70. The number of benzene rings is 2. The molecule has 0 N–H and O–H groups in total. The molecule has 0 unspecified atom stereocenters. The van der Waals surface area contributed by atoms with Crippen LogP contribution in [0.2, 0.25) is 0 Å². The molecular formula is C20H18N2O3S. The second kappa shape index (κ2) is 6.29. The lowest BCUT2D eigenvalue weighted by Crippen LogP contribution is -2.39. The van der Waals surface area contributed by atoms with Crippen molar-refractivity contribution in [3.05, 3.63) is 53.0 Å². The molecule has 2 aliphatic heterocycles. The Hall–Kier alpha value is -2.60. The fourth-order valence-electron chi connectivity index (χ4n) is 3.64. The summed E-state index contributed by atoms with van der Waals surface area (Å²) < 4.78 is 11.9. The van der Waals surface area contributed by atoms with E-state index < -0.39 is 0 Å². The van der Waals surface area contributed by atoms with Crippen LogP contribution in [0.5, 0.6) is 11.5 Å². The Balaban J connectivity index is 1.37. The molecule has 5 nitrogen and oxygen atoms in total. The van der Waals surface area contributed by atoms with Crippen LogP contribution in [0.25, 0.3) is 10.2 Å². The van der Waals surface area contributed by atoms with Gasteiger partial charge in [-0.05, 0) is 43.2 Å². The van der Waals surface area contributed by atoms with Gasteiger partial charge in [0.1, 0.15) is 0 Å². The van der Waals surface area contributed by atoms with E-state index in [0.717, 1.165) is 29.9 Å². The summed E-state index contributed by atoms with van der Waals surface area (Å²) in [4.78, 5) is 19.7. The molecule has 1 amide bonds. The second-order valence-corrected chi connectivity index (χ2v) is 7.74. The average molecular weight is 366 g/mol. The fraction of sp³-hybridized carbons (Fsp3) is 0.300. The zero-order valence-electron chi connectivity index (χ0n) is 14.2. The molecule has 26 heavy (non-hydrogen) atoms. The van der Waals surface area contributed by atoms with Crippen molar-refractivity contribution in [1.29, 1.82) is 0 Å². The van der Waals surface area contributed by atoms with Crippen molar-refractivity contribution in [3.63, 3.8) is 0 Å². The first kappa shape index (κ1) is 15.6. The minimum Gasteiger partial charge on any atom is -0.454 e. The molecule has 5 rings (SSSR count). The van der Waals surface area contributed by atoms with E-state index in [1.54, 1.807) is 17.4 Å². The number of amides is 1. The maximum absolute atomic E-state index is 13.0. The predicted octanol–water partition coefficient (Wildman–Crippen LogP) is 4.04.